The van der Waals surface area contributed by atoms with E-state index in [1.807, 2.05) is 71.5 Å². The highest BCUT2D eigenvalue weighted by atomic mass is 32.2. The maximum atomic E-state index is 12.5. The van der Waals surface area contributed by atoms with E-state index < -0.39 is 0 Å². The Kier molecular flexibility index (Phi) is 7.54. The summed E-state index contributed by atoms with van der Waals surface area (Å²) in [6.45, 7) is 6.61. The maximum absolute atomic E-state index is 12.5. The summed E-state index contributed by atoms with van der Waals surface area (Å²) in [5.74, 6) is 1.51. The molecular formula is C24H23N5O2S2. The molecule has 0 aliphatic rings. The van der Waals surface area contributed by atoms with Crippen molar-refractivity contribution in [3.05, 3.63) is 84.0 Å². The molecule has 2 aromatic carbocycles. The van der Waals surface area contributed by atoms with Crippen LogP contribution in [0.5, 0.6) is 5.75 Å². The lowest BCUT2D eigenvalue weighted by atomic mass is 10.2. The lowest BCUT2D eigenvalue weighted by Crippen LogP contribution is -2.15. The first-order valence-corrected chi connectivity index (χ1v) is 12.2. The summed E-state index contributed by atoms with van der Waals surface area (Å²) in [5.41, 5.74) is 2.91. The Morgan fingerprint density at radius 2 is 1.97 bits per heavy atom. The number of aryl methyl sites for hydroxylation is 1. The third kappa shape index (κ3) is 5.88. The van der Waals surface area contributed by atoms with Crippen LogP contribution in [0.2, 0.25) is 0 Å². The Bertz CT molecular complexity index is 1240. The predicted octanol–water partition coefficient (Wildman–Crippen LogP) is 5.21. The minimum atomic E-state index is -0.153. The Morgan fingerprint density at radius 3 is 2.76 bits per heavy atom. The second-order valence-corrected chi connectivity index (χ2v) is 8.89. The van der Waals surface area contributed by atoms with Crippen LogP contribution in [0.3, 0.4) is 0 Å². The average Bonchev–Trinajstić information content (AvgIpc) is 3.45. The molecule has 0 saturated carbocycles. The van der Waals surface area contributed by atoms with Gasteiger partial charge in [-0.15, -0.1) is 28.1 Å². The van der Waals surface area contributed by atoms with E-state index in [1.165, 1.54) is 23.1 Å². The minimum Gasteiger partial charge on any atom is -0.485 e. The van der Waals surface area contributed by atoms with Crippen LogP contribution in [0.25, 0.3) is 11.3 Å². The van der Waals surface area contributed by atoms with Gasteiger partial charge in [0, 0.05) is 17.5 Å². The zero-order valence-corrected chi connectivity index (χ0v) is 19.7. The van der Waals surface area contributed by atoms with Crippen LogP contribution in [-0.4, -0.2) is 31.4 Å². The highest BCUT2D eigenvalue weighted by molar-refractivity contribution is 7.99. The van der Waals surface area contributed by atoms with E-state index >= 15 is 0 Å². The maximum Gasteiger partial charge on any atom is 0.236 e. The van der Waals surface area contributed by atoms with Gasteiger partial charge in [-0.3, -0.25) is 9.36 Å². The number of nitrogens with one attached hydrogen (secondary N) is 1. The molecule has 1 N–H and O–H groups in total. The largest absolute Gasteiger partial charge is 0.485 e. The molecular weight excluding hydrogens is 454 g/mol. The number of carbonyl (C=O) groups is 1. The highest BCUT2D eigenvalue weighted by Gasteiger charge is 2.15. The van der Waals surface area contributed by atoms with Crippen molar-refractivity contribution >= 4 is 34.1 Å². The van der Waals surface area contributed by atoms with E-state index in [9.17, 15) is 4.79 Å². The SMILES string of the molecule is C=CCn1c(COc2ccccc2C)nnc1SCC(=O)Nc1nc(-c2ccccc2)cs1. The Labute approximate surface area is 200 Å². The van der Waals surface area contributed by atoms with Crippen molar-refractivity contribution < 1.29 is 9.53 Å². The molecule has 0 fully saturated rings. The second-order valence-electron chi connectivity index (χ2n) is 7.09. The van der Waals surface area contributed by atoms with Crippen molar-refractivity contribution in [3.8, 4) is 17.0 Å². The third-order valence-electron chi connectivity index (χ3n) is 4.71. The summed E-state index contributed by atoms with van der Waals surface area (Å²) in [6.07, 6.45) is 1.77. The summed E-state index contributed by atoms with van der Waals surface area (Å²) in [6, 6.07) is 17.7. The van der Waals surface area contributed by atoms with Crippen LogP contribution < -0.4 is 10.1 Å². The number of anilines is 1. The number of thioether (sulfide) groups is 1. The molecule has 2 heterocycles. The Balaban J connectivity index is 1.36. The third-order valence-corrected chi connectivity index (χ3v) is 6.43. The number of carbonyl (C=O) groups excluding carboxylic acids is 1. The Hall–Kier alpha value is -3.43. The summed E-state index contributed by atoms with van der Waals surface area (Å²) in [4.78, 5) is 17.0. The molecule has 0 atom stereocenters. The fraction of sp³-hybridized carbons (Fsp3) is 0.167. The highest BCUT2D eigenvalue weighted by Crippen LogP contribution is 2.25. The molecule has 0 spiro atoms. The van der Waals surface area contributed by atoms with Gasteiger partial charge < -0.3 is 10.1 Å². The molecule has 9 heteroatoms. The Morgan fingerprint density at radius 1 is 1.18 bits per heavy atom. The van der Waals surface area contributed by atoms with Gasteiger partial charge in [-0.05, 0) is 18.6 Å². The number of aromatic nitrogens is 4. The van der Waals surface area contributed by atoms with Gasteiger partial charge in [0.25, 0.3) is 0 Å². The molecule has 0 saturated heterocycles. The van der Waals surface area contributed by atoms with E-state index in [-0.39, 0.29) is 18.3 Å². The molecule has 7 nitrogen and oxygen atoms in total. The molecule has 33 heavy (non-hydrogen) atoms. The van der Waals surface area contributed by atoms with Crippen LogP contribution in [0.4, 0.5) is 5.13 Å². The van der Waals surface area contributed by atoms with Gasteiger partial charge in [-0.1, -0.05) is 66.4 Å². The molecule has 0 aliphatic carbocycles. The van der Waals surface area contributed by atoms with Gasteiger partial charge in [0.1, 0.15) is 12.4 Å². The molecule has 0 radical (unpaired) electrons. The fourth-order valence-corrected chi connectivity index (χ4v) is 4.57. The quantitative estimate of drug-likeness (QED) is 0.250. The zero-order chi connectivity index (χ0) is 23.0. The molecule has 4 rings (SSSR count). The molecule has 0 unspecified atom stereocenters. The summed E-state index contributed by atoms with van der Waals surface area (Å²) < 4.78 is 7.82. The summed E-state index contributed by atoms with van der Waals surface area (Å²) in [5, 5.41) is 14.5. The van der Waals surface area contributed by atoms with E-state index in [1.54, 1.807) is 6.08 Å². The molecule has 0 bridgehead atoms. The van der Waals surface area contributed by atoms with Crippen LogP contribution >= 0.6 is 23.1 Å². The number of ether oxygens (including phenoxy) is 1. The molecule has 2 aromatic heterocycles. The number of amides is 1. The van der Waals surface area contributed by atoms with Crippen LogP contribution in [0, 0.1) is 6.92 Å². The summed E-state index contributed by atoms with van der Waals surface area (Å²) in [7, 11) is 0. The fourth-order valence-electron chi connectivity index (χ4n) is 3.06. The molecule has 1 amide bonds. The number of hydrogen-bond donors (Lipinski definition) is 1. The van der Waals surface area contributed by atoms with E-state index in [0.717, 1.165) is 22.6 Å². The van der Waals surface area contributed by atoms with E-state index in [2.05, 4.69) is 27.1 Å². The number of benzene rings is 2. The van der Waals surface area contributed by atoms with Crippen LogP contribution in [0.1, 0.15) is 11.4 Å². The van der Waals surface area contributed by atoms with Gasteiger partial charge in [0.05, 0.1) is 11.4 Å². The molecule has 4 aromatic rings. The number of para-hydroxylation sites is 1. The van der Waals surface area contributed by atoms with Crippen molar-refractivity contribution in [1.29, 1.82) is 0 Å². The van der Waals surface area contributed by atoms with Crippen molar-refractivity contribution in [1.82, 2.24) is 19.7 Å². The number of allylic oxidation sites excluding steroid dienone is 1. The van der Waals surface area contributed by atoms with Crippen LogP contribution in [0.15, 0.2) is 77.8 Å². The lowest BCUT2D eigenvalue weighted by molar-refractivity contribution is -0.113. The zero-order valence-electron chi connectivity index (χ0n) is 18.1. The minimum absolute atomic E-state index is 0.153. The average molecular weight is 478 g/mol. The molecule has 0 aliphatic heterocycles. The van der Waals surface area contributed by atoms with Crippen molar-refractivity contribution in [3.63, 3.8) is 0 Å². The number of nitrogens with zero attached hydrogens (tertiary/aromatic N) is 4. The monoisotopic (exact) mass is 477 g/mol. The van der Waals surface area contributed by atoms with Gasteiger partial charge in [-0.2, -0.15) is 0 Å². The topological polar surface area (TPSA) is 81.9 Å². The van der Waals surface area contributed by atoms with Gasteiger partial charge in [-0.25, -0.2) is 4.98 Å². The predicted molar refractivity (Wildman–Crippen MR) is 133 cm³/mol. The standard InChI is InChI=1S/C24H23N5O2S2/c1-3-13-29-21(14-31-20-12-8-7-9-17(20)2)27-28-24(29)33-16-22(30)26-23-25-19(15-32-23)18-10-5-4-6-11-18/h3-12,15H,1,13-14,16H2,2H3,(H,25,26,30). The van der Waals surface area contributed by atoms with Crippen molar-refractivity contribution in [2.24, 2.45) is 0 Å². The number of rotatable bonds is 10. The van der Waals surface area contributed by atoms with Crippen molar-refractivity contribution in [2.45, 2.75) is 25.2 Å². The van der Waals surface area contributed by atoms with Crippen LogP contribution in [-0.2, 0) is 17.9 Å². The first kappa shape index (κ1) is 22.8. The van der Waals surface area contributed by atoms with E-state index in [4.69, 9.17) is 4.74 Å². The normalized spacial score (nSPS) is 10.7. The first-order chi connectivity index (χ1) is 16.1. The lowest BCUT2D eigenvalue weighted by Gasteiger charge is -2.10. The number of hydrogen-bond acceptors (Lipinski definition) is 7. The van der Waals surface area contributed by atoms with Gasteiger partial charge >= 0.3 is 0 Å². The second kappa shape index (κ2) is 10.9. The first-order valence-electron chi connectivity index (χ1n) is 10.3. The van der Waals surface area contributed by atoms with Gasteiger partial charge in [0.15, 0.2) is 16.1 Å². The smallest absolute Gasteiger partial charge is 0.236 e. The van der Waals surface area contributed by atoms with Crippen molar-refractivity contribution in [2.75, 3.05) is 11.1 Å². The summed E-state index contributed by atoms with van der Waals surface area (Å²) >= 11 is 2.71. The van der Waals surface area contributed by atoms with Gasteiger partial charge in [0.2, 0.25) is 5.91 Å². The molecule has 168 valence electrons. The number of thiazole rings is 1. The van der Waals surface area contributed by atoms with E-state index in [0.29, 0.717) is 22.7 Å².